The average Bonchev–Trinajstić information content (AvgIpc) is 3.14. The maximum absolute atomic E-state index is 12.6. The molecule has 0 aliphatic carbocycles. The molecule has 5 rings (SSSR count). The van der Waals surface area contributed by atoms with Crippen molar-refractivity contribution in [3.63, 3.8) is 0 Å². The number of aromatic amines is 1. The minimum absolute atomic E-state index is 0.204. The topological polar surface area (TPSA) is 44.3 Å². The molecule has 2 heterocycles. The van der Waals surface area contributed by atoms with E-state index >= 15 is 0 Å². The Morgan fingerprint density at radius 2 is 1.31 bits per heavy atom. The van der Waals surface area contributed by atoms with Crippen molar-refractivity contribution in [2.24, 2.45) is 0 Å². The van der Waals surface area contributed by atoms with Gasteiger partial charge in [0.25, 0.3) is 5.56 Å². The lowest BCUT2D eigenvalue weighted by atomic mass is 10.1. The number of nitrogens with zero attached hydrogens (tertiary/aromatic N) is 3. The first-order valence-electron chi connectivity index (χ1n) is 10.9. The number of aromatic nitrogens is 2. The van der Waals surface area contributed by atoms with Crippen LogP contribution in [0.2, 0.25) is 5.02 Å². The summed E-state index contributed by atoms with van der Waals surface area (Å²) in [5.74, 6) is 0. The van der Waals surface area contributed by atoms with E-state index < -0.39 is 0 Å². The van der Waals surface area contributed by atoms with Gasteiger partial charge in [-0.2, -0.15) is 0 Å². The Kier molecular flexibility index (Phi) is 5.84. The minimum Gasteiger partial charge on any atom is -0.369 e. The van der Waals surface area contributed by atoms with Crippen molar-refractivity contribution in [2.75, 3.05) is 31.1 Å². The molecule has 0 bridgehead atoms. The van der Waals surface area contributed by atoms with Gasteiger partial charge < -0.3 is 4.90 Å². The predicted molar refractivity (Wildman–Crippen MR) is 131 cm³/mol. The minimum atomic E-state index is -0.204. The summed E-state index contributed by atoms with van der Waals surface area (Å²) in [4.78, 5) is 17.3. The second-order valence-corrected chi connectivity index (χ2v) is 8.43. The summed E-state index contributed by atoms with van der Waals surface area (Å²) >= 11 is 6.37. The molecule has 1 fully saturated rings. The third-order valence-electron chi connectivity index (χ3n) is 6.01. The van der Waals surface area contributed by atoms with Gasteiger partial charge in [-0.3, -0.25) is 14.8 Å². The maximum atomic E-state index is 12.6. The molecule has 1 N–H and O–H groups in total. The molecule has 0 spiro atoms. The SMILES string of the molecule is O=c1c(Cl)c(CN2CCN(c3ccc(-c4ccccc4)cc3)CC2)[nH]n1-c1ccccc1. The molecule has 162 valence electrons. The van der Waals surface area contributed by atoms with Crippen LogP contribution in [0.25, 0.3) is 16.8 Å². The Morgan fingerprint density at radius 1 is 0.719 bits per heavy atom. The summed E-state index contributed by atoms with van der Waals surface area (Å²) in [7, 11) is 0. The molecule has 0 saturated carbocycles. The van der Waals surface area contributed by atoms with Gasteiger partial charge in [0.15, 0.2) is 0 Å². The van der Waals surface area contributed by atoms with Crippen molar-refractivity contribution in [2.45, 2.75) is 6.54 Å². The molecule has 1 saturated heterocycles. The highest BCUT2D eigenvalue weighted by molar-refractivity contribution is 6.31. The van der Waals surface area contributed by atoms with Crippen molar-refractivity contribution in [3.05, 3.63) is 106 Å². The second kappa shape index (κ2) is 9.07. The predicted octanol–water partition coefficient (Wildman–Crippen LogP) is 4.81. The first-order valence-corrected chi connectivity index (χ1v) is 11.2. The van der Waals surface area contributed by atoms with Crippen molar-refractivity contribution < 1.29 is 0 Å². The molecular formula is C26H25ClN4O. The lowest BCUT2D eigenvalue weighted by molar-refractivity contribution is 0.247. The number of halogens is 1. The van der Waals surface area contributed by atoms with Gasteiger partial charge in [0, 0.05) is 38.4 Å². The van der Waals surface area contributed by atoms with E-state index in [2.05, 4.69) is 63.4 Å². The zero-order valence-corrected chi connectivity index (χ0v) is 18.5. The quantitative estimate of drug-likeness (QED) is 0.480. The van der Waals surface area contributed by atoms with Gasteiger partial charge in [-0.05, 0) is 35.4 Å². The Hall–Kier alpha value is -3.28. The van der Waals surface area contributed by atoms with E-state index in [1.807, 2.05) is 36.4 Å². The normalized spacial score (nSPS) is 14.6. The molecule has 3 aromatic carbocycles. The standard InChI is InChI=1S/C26H25ClN4O/c27-25-24(28-31(26(25)32)23-9-5-2-6-10-23)19-29-15-17-30(18-16-29)22-13-11-21(12-14-22)20-7-3-1-4-8-20/h1-14,28H,15-19H2. The third kappa shape index (κ3) is 4.22. The molecule has 0 radical (unpaired) electrons. The number of nitrogens with one attached hydrogen (secondary N) is 1. The summed E-state index contributed by atoms with van der Waals surface area (Å²) < 4.78 is 1.52. The number of hydrogen-bond acceptors (Lipinski definition) is 3. The van der Waals surface area contributed by atoms with Gasteiger partial charge in [-0.1, -0.05) is 72.3 Å². The Bertz CT molecular complexity index is 1220. The van der Waals surface area contributed by atoms with Crippen LogP contribution in [-0.4, -0.2) is 40.9 Å². The molecule has 6 heteroatoms. The van der Waals surface area contributed by atoms with Gasteiger partial charge in [0.05, 0.1) is 11.4 Å². The van der Waals surface area contributed by atoms with Gasteiger partial charge >= 0.3 is 0 Å². The van der Waals surface area contributed by atoms with Gasteiger partial charge in [0.2, 0.25) is 0 Å². The molecule has 1 aliphatic rings. The van der Waals surface area contributed by atoms with Gasteiger partial charge in [0.1, 0.15) is 5.02 Å². The highest BCUT2D eigenvalue weighted by Crippen LogP contribution is 2.24. The lowest BCUT2D eigenvalue weighted by Gasteiger charge is -2.36. The Morgan fingerprint density at radius 3 is 1.97 bits per heavy atom. The van der Waals surface area contributed by atoms with Crippen molar-refractivity contribution in [1.82, 2.24) is 14.7 Å². The van der Waals surface area contributed by atoms with Crippen LogP contribution in [0.15, 0.2) is 89.7 Å². The van der Waals surface area contributed by atoms with E-state index in [1.54, 1.807) is 0 Å². The van der Waals surface area contributed by atoms with Crippen LogP contribution >= 0.6 is 11.6 Å². The van der Waals surface area contributed by atoms with Crippen LogP contribution < -0.4 is 10.5 Å². The third-order valence-corrected chi connectivity index (χ3v) is 6.40. The smallest absolute Gasteiger partial charge is 0.290 e. The summed E-state index contributed by atoms with van der Waals surface area (Å²) in [5.41, 5.74) is 5.05. The number of para-hydroxylation sites is 1. The Balaban J connectivity index is 1.23. The summed E-state index contributed by atoms with van der Waals surface area (Å²) in [6.07, 6.45) is 0. The van der Waals surface area contributed by atoms with Crippen LogP contribution in [0.4, 0.5) is 5.69 Å². The Labute approximate surface area is 192 Å². The van der Waals surface area contributed by atoms with Gasteiger partial charge in [-0.15, -0.1) is 0 Å². The fourth-order valence-corrected chi connectivity index (χ4v) is 4.40. The van der Waals surface area contributed by atoms with Crippen LogP contribution in [0.3, 0.4) is 0 Å². The first kappa shape index (κ1) is 20.6. The number of hydrogen-bond donors (Lipinski definition) is 1. The van der Waals surface area contributed by atoms with Crippen LogP contribution in [-0.2, 0) is 6.54 Å². The number of piperazine rings is 1. The highest BCUT2D eigenvalue weighted by Gasteiger charge is 2.21. The fourth-order valence-electron chi connectivity index (χ4n) is 4.21. The molecule has 0 amide bonds. The van der Waals surface area contributed by atoms with Crippen molar-refractivity contribution >= 4 is 17.3 Å². The largest absolute Gasteiger partial charge is 0.369 e. The maximum Gasteiger partial charge on any atom is 0.290 e. The van der Waals surface area contributed by atoms with Crippen molar-refractivity contribution in [1.29, 1.82) is 0 Å². The first-order chi connectivity index (χ1) is 15.7. The zero-order chi connectivity index (χ0) is 21.9. The van der Waals surface area contributed by atoms with E-state index in [1.165, 1.54) is 21.5 Å². The molecular weight excluding hydrogens is 420 g/mol. The molecule has 4 aromatic rings. The second-order valence-electron chi connectivity index (χ2n) is 8.06. The fraction of sp³-hybridized carbons (Fsp3) is 0.192. The lowest BCUT2D eigenvalue weighted by Crippen LogP contribution is -2.46. The number of H-pyrrole nitrogens is 1. The van der Waals surface area contributed by atoms with E-state index in [-0.39, 0.29) is 10.6 Å². The van der Waals surface area contributed by atoms with Crippen molar-refractivity contribution in [3.8, 4) is 16.8 Å². The molecule has 5 nitrogen and oxygen atoms in total. The van der Waals surface area contributed by atoms with Crippen LogP contribution in [0.1, 0.15) is 5.69 Å². The monoisotopic (exact) mass is 444 g/mol. The van der Waals surface area contributed by atoms with E-state index in [0.717, 1.165) is 37.6 Å². The number of benzene rings is 3. The van der Waals surface area contributed by atoms with E-state index in [0.29, 0.717) is 6.54 Å². The van der Waals surface area contributed by atoms with Gasteiger partial charge in [-0.25, -0.2) is 4.68 Å². The molecule has 32 heavy (non-hydrogen) atoms. The highest BCUT2D eigenvalue weighted by atomic mass is 35.5. The summed E-state index contributed by atoms with van der Waals surface area (Å²) in [5, 5.41) is 3.47. The summed E-state index contributed by atoms with van der Waals surface area (Å²) in [6.45, 7) is 4.33. The average molecular weight is 445 g/mol. The summed E-state index contributed by atoms with van der Waals surface area (Å²) in [6, 6.07) is 28.7. The molecule has 1 aromatic heterocycles. The zero-order valence-electron chi connectivity index (χ0n) is 17.7. The molecule has 0 unspecified atom stereocenters. The van der Waals surface area contributed by atoms with E-state index in [4.69, 9.17) is 11.6 Å². The molecule has 0 atom stereocenters. The van der Waals surface area contributed by atoms with E-state index in [9.17, 15) is 4.79 Å². The number of rotatable bonds is 5. The number of anilines is 1. The van der Waals surface area contributed by atoms with Crippen LogP contribution in [0.5, 0.6) is 0 Å². The molecule has 1 aliphatic heterocycles. The van der Waals surface area contributed by atoms with Crippen LogP contribution in [0, 0.1) is 0 Å².